The van der Waals surface area contributed by atoms with Gasteiger partial charge in [0, 0.05) is 11.1 Å². The molecule has 0 aliphatic rings. The van der Waals surface area contributed by atoms with Crippen LogP contribution in [0.5, 0.6) is 5.75 Å². The second kappa shape index (κ2) is 10.1. The Labute approximate surface area is 176 Å². The fourth-order valence-electron chi connectivity index (χ4n) is 2.82. The van der Waals surface area contributed by atoms with Gasteiger partial charge in [-0.05, 0) is 48.7 Å². The Kier molecular flexibility index (Phi) is 7.30. The van der Waals surface area contributed by atoms with Crippen LogP contribution in [-0.2, 0) is 11.2 Å². The number of aromatic nitrogens is 1. The third kappa shape index (κ3) is 5.39. The number of ether oxygens (including phenoxy) is 1. The number of benzene rings is 2. The molecule has 0 saturated heterocycles. The molecule has 0 aliphatic heterocycles. The number of nitrogens with zero attached hydrogens (tertiary/aromatic N) is 1. The molecule has 0 N–H and O–H groups in total. The number of hydrogen-bond acceptors (Lipinski definition) is 5. The highest BCUT2D eigenvalue weighted by atomic mass is 32.2. The molecule has 0 unspecified atom stereocenters. The average Bonchev–Trinajstić information content (AvgIpc) is 3.20. The number of thioether (sulfide) groups is 1. The summed E-state index contributed by atoms with van der Waals surface area (Å²) in [6.07, 6.45) is 5.30. The van der Waals surface area contributed by atoms with Crippen LogP contribution in [0.1, 0.15) is 25.8 Å². The highest BCUT2D eigenvalue weighted by Crippen LogP contribution is 2.36. The Morgan fingerprint density at radius 2 is 1.76 bits per heavy atom. The largest absolute Gasteiger partial charge is 0.497 e. The SMILES string of the molecule is CC/C=C/C(=O)CSc1nc(-c2ccc(OC)cc2)c(-c2ccc(CC)cc2)o1. The average molecular weight is 408 g/mol. The van der Waals surface area contributed by atoms with Gasteiger partial charge in [0.25, 0.3) is 5.22 Å². The Morgan fingerprint density at radius 1 is 1.07 bits per heavy atom. The maximum absolute atomic E-state index is 12.0. The summed E-state index contributed by atoms with van der Waals surface area (Å²) in [6.45, 7) is 4.13. The number of allylic oxidation sites excluding steroid dienone is 2. The highest BCUT2D eigenvalue weighted by molar-refractivity contribution is 7.99. The molecule has 3 rings (SSSR count). The van der Waals surface area contributed by atoms with Crippen molar-refractivity contribution in [3.8, 4) is 28.3 Å². The lowest BCUT2D eigenvalue weighted by Crippen LogP contribution is -1.95. The molecule has 0 bridgehead atoms. The van der Waals surface area contributed by atoms with Crippen molar-refractivity contribution in [1.82, 2.24) is 4.98 Å². The Balaban J connectivity index is 1.93. The first-order chi connectivity index (χ1) is 14.1. The minimum absolute atomic E-state index is 0.0508. The van der Waals surface area contributed by atoms with E-state index >= 15 is 0 Å². The van der Waals surface area contributed by atoms with E-state index in [1.54, 1.807) is 13.2 Å². The van der Waals surface area contributed by atoms with Gasteiger partial charge in [-0.2, -0.15) is 0 Å². The van der Waals surface area contributed by atoms with Crippen LogP contribution >= 0.6 is 11.8 Å². The molecule has 1 aromatic heterocycles. The normalized spacial score (nSPS) is 11.1. The van der Waals surface area contributed by atoms with E-state index in [0.717, 1.165) is 35.4 Å². The Morgan fingerprint density at radius 3 is 2.38 bits per heavy atom. The number of oxazole rings is 1. The highest BCUT2D eigenvalue weighted by Gasteiger charge is 2.18. The second-order valence-corrected chi connectivity index (χ2v) is 7.43. The molecule has 29 heavy (non-hydrogen) atoms. The molecule has 0 radical (unpaired) electrons. The minimum atomic E-state index is 0.0508. The topological polar surface area (TPSA) is 52.3 Å². The molecular formula is C24H25NO3S. The number of rotatable bonds is 9. The summed E-state index contributed by atoms with van der Waals surface area (Å²) in [6, 6.07) is 16.0. The van der Waals surface area contributed by atoms with Gasteiger partial charge in [0.1, 0.15) is 11.4 Å². The van der Waals surface area contributed by atoms with Crippen molar-refractivity contribution in [3.63, 3.8) is 0 Å². The summed E-state index contributed by atoms with van der Waals surface area (Å²) in [5.74, 6) is 1.84. The van der Waals surface area contributed by atoms with Crippen molar-refractivity contribution in [1.29, 1.82) is 0 Å². The zero-order valence-electron chi connectivity index (χ0n) is 17.0. The van der Waals surface area contributed by atoms with E-state index in [0.29, 0.717) is 16.7 Å². The van der Waals surface area contributed by atoms with Gasteiger partial charge in [-0.15, -0.1) is 0 Å². The maximum Gasteiger partial charge on any atom is 0.257 e. The number of methoxy groups -OCH3 is 1. The predicted octanol–water partition coefficient (Wildman–Crippen LogP) is 6.21. The standard InChI is InChI=1S/C24H25NO3S/c1-4-6-7-20(26)16-29-24-25-22(18-12-14-21(27-3)15-13-18)23(28-24)19-10-8-17(5-2)9-11-19/h6-15H,4-5,16H2,1-3H3/b7-6+. The molecule has 0 fully saturated rings. The first kappa shape index (κ1) is 20.9. The zero-order valence-corrected chi connectivity index (χ0v) is 17.8. The molecule has 2 aromatic carbocycles. The van der Waals surface area contributed by atoms with E-state index in [-0.39, 0.29) is 5.78 Å². The van der Waals surface area contributed by atoms with Crippen LogP contribution < -0.4 is 4.74 Å². The van der Waals surface area contributed by atoms with Crippen LogP contribution in [0.15, 0.2) is 70.3 Å². The van der Waals surface area contributed by atoms with Crippen molar-refractivity contribution in [3.05, 3.63) is 66.2 Å². The molecular weight excluding hydrogens is 382 g/mol. The smallest absolute Gasteiger partial charge is 0.257 e. The summed E-state index contributed by atoms with van der Waals surface area (Å²) in [4.78, 5) is 16.6. The number of ketones is 1. The molecule has 1 heterocycles. The zero-order chi connectivity index (χ0) is 20.6. The van der Waals surface area contributed by atoms with E-state index in [1.165, 1.54) is 17.3 Å². The van der Waals surface area contributed by atoms with Crippen LogP contribution in [0.4, 0.5) is 0 Å². The summed E-state index contributed by atoms with van der Waals surface area (Å²) >= 11 is 1.32. The van der Waals surface area contributed by atoms with Crippen molar-refractivity contribution in [2.24, 2.45) is 0 Å². The number of aryl methyl sites for hydroxylation is 1. The Hall–Kier alpha value is -2.79. The predicted molar refractivity (Wildman–Crippen MR) is 118 cm³/mol. The van der Waals surface area contributed by atoms with Gasteiger partial charge in [-0.3, -0.25) is 4.79 Å². The lowest BCUT2D eigenvalue weighted by molar-refractivity contribution is -0.112. The maximum atomic E-state index is 12.0. The first-order valence-electron chi connectivity index (χ1n) is 9.71. The summed E-state index contributed by atoms with van der Waals surface area (Å²) in [5, 5.41) is 0.489. The van der Waals surface area contributed by atoms with Gasteiger partial charge in [0.05, 0.1) is 12.9 Å². The summed E-state index contributed by atoms with van der Waals surface area (Å²) < 4.78 is 11.3. The van der Waals surface area contributed by atoms with E-state index in [2.05, 4.69) is 36.2 Å². The summed E-state index contributed by atoms with van der Waals surface area (Å²) in [5.41, 5.74) is 3.93. The molecule has 0 aliphatic carbocycles. The lowest BCUT2D eigenvalue weighted by Gasteiger charge is -2.04. The monoisotopic (exact) mass is 407 g/mol. The second-order valence-electron chi connectivity index (χ2n) is 6.50. The van der Waals surface area contributed by atoms with E-state index in [9.17, 15) is 4.79 Å². The van der Waals surface area contributed by atoms with Crippen LogP contribution in [0.3, 0.4) is 0 Å². The molecule has 0 spiro atoms. The molecule has 5 heteroatoms. The van der Waals surface area contributed by atoms with Crippen LogP contribution in [-0.4, -0.2) is 23.6 Å². The van der Waals surface area contributed by atoms with Crippen LogP contribution in [0.25, 0.3) is 22.6 Å². The van der Waals surface area contributed by atoms with Crippen molar-refractivity contribution < 1.29 is 13.9 Å². The minimum Gasteiger partial charge on any atom is -0.497 e. The van der Waals surface area contributed by atoms with Crippen LogP contribution in [0.2, 0.25) is 0 Å². The Bertz CT molecular complexity index is 907. The molecule has 4 nitrogen and oxygen atoms in total. The number of hydrogen-bond donors (Lipinski definition) is 0. The van der Waals surface area contributed by atoms with Gasteiger partial charge < -0.3 is 9.15 Å². The van der Waals surface area contributed by atoms with Gasteiger partial charge in [0.15, 0.2) is 11.5 Å². The van der Waals surface area contributed by atoms with Crippen molar-refractivity contribution in [2.45, 2.75) is 31.9 Å². The van der Waals surface area contributed by atoms with Gasteiger partial charge in [0.2, 0.25) is 0 Å². The lowest BCUT2D eigenvalue weighted by atomic mass is 10.0. The number of carbonyl (C=O) groups excluding carboxylic acids is 1. The molecule has 0 saturated carbocycles. The van der Waals surface area contributed by atoms with Crippen molar-refractivity contribution in [2.75, 3.05) is 12.9 Å². The van der Waals surface area contributed by atoms with Gasteiger partial charge >= 0.3 is 0 Å². The molecule has 3 aromatic rings. The summed E-state index contributed by atoms with van der Waals surface area (Å²) in [7, 11) is 1.64. The first-order valence-corrected chi connectivity index (χ1v) is 10.7. The number of carbonyl (C=O) groups is 1. The van der Waals surface area contributed by atoms with E-state index < -0.39 is 0 Å². The molecule has 0 amide bonds. The van der Waals surface area contributed by atoms with E-state index in [1.807, 2.05) is 37.3 Å². The third-order valence-electron chi connectivity index (χ3n) is 4.47. The quantitative estimate of drug-likeness (QED) is 0.312. The molecule has 0 atom stereocenters. The fourth-order valence-corrected chi connectivity index (χ4v) is 3.48. The fraction of sp³-hybridized carbons (Fsp3) is 0.250. The van der Waals surface area contributed by atoms with Crippen LogP contribution in [0, 0.1) is 0 Å². The van der Waals surface area contributed by atoms with E-state index in [4.69, 9.17) is 9.15 Å². The van der Waals surface area contributed by atoms with Gasteiger partial charge in [-0.1, -0.05) is 56.0 Å². The van der Waals surface area contributed by atoms with Gasteiger partial charge in [-0.25, -0.2) is 4.98 Å². The molecule has 150 valence electrons. The third-order valence-corrected chi connectivity index (χ3v) is 5.32. The van der Waals surface area contributed by atoms with Crippen molar-refractivity contribution >= 4 is 17.5 Å².